The third-order valence-electron chi connectivity index (χ3n) is 3.12. The lowest BCUT2D eigenvalue weighted by molar-refractivity contribution is 0.0227. The Morgan fingerprint density at radius 2 is 2.22 bits per heavy atom. The molecule has 23 heavy (non-hydrogen) atoms. The van der Waals surface area contributed by atoms with Gasteiger partial charge in [0.25, 0.3) is 0 Å². The molecule has 6 nitrogen and oxygen atoms in total. The third-order valence-corrected chi connectivity index (χ3v) is 3.12. The average molecular weight is 315 g/mol. The Morgan fingerprint density at radius 3 is 3.04 bits per heavy atom. The molecular formula is C16H14FN3O3. The Kier molecular flexibility index (Phi) is 4.18. The lowest BCUT2D eigenvalue weighted by Gasteiger charge is -2.14. The summed E-state index contributed by atoms with van der Waals surface area (Å²) in [4.78, 5) is 12.1. The number of pyridine rings is 1. The van der Waals surface area contributed by atoms with Crippen molar-refractivity contribution in [3.05, 3.63) is 60.3 Å². The van der Waals surface area contributed by atoms with Crippen LogP contribution in [0.3, 0.4) is 0 Å². The molecule has 0 saturated carbocycles. The van der Waals surface area contributed by atoms with Crippen LogP contribution in [0.25, 0.3) is 5.65 Å². The first-order valence-electron chi connectivity index (χ1n) is 7.00. The van der Waals surface area contributed by atoms with Gasteiger partial charge in [-0.1, -0.05) is 6.07 Å². The molecule has 0 N–H and O–H groups in total. The van der Waals surface area contributed by atoms with Gasteiger partial charge in [-0.3, -0.25) is 4.40 Å². The quantitative estimate of drug-likeness (QED) is 0.677. The molecule has 0 aliphatic rings. The van der Waals surface area contributed by atoms with Crippen LogP contribution in [0, 0.1) is 5.82 Å². The standard InChI is InChI=1S/C16H14FN3O3/c1-11(9-22-14-4-2-3-13(17)7-14)23-16(21)12-5-6-15-19-18-10-20(15)8-12/h2-8,10-11H,9H2,1H3. The predicted octanol–water partition coefficient (Wildman–Crippen LogP) is 2.49. The summed E-state index contributed by atoms with van der Waals surface area (Å²) in [6, 6.07) is 9.09. The fourth-order valence-corrected chi connectivity index (χ4v) is 2.00. The number of nitrogens with zero attached hydrogens (tertiary/aromatic N) is 3. The molecule has 3 aromatic rings. The summed E-state index contributed by atoms with van der Waals surface area (Å²) >= 11 is 0. The highest BCUT2D eigenvalue weighted by atomic mass is 19.1. The van der Waals surface area contributed by atoms with Crippen molar-refractivity contribution in [2.75, 3.05) is 6.61 Å². The SMILES string of the molecule is CC(COc1cccc(F)c1)OC(=O)c1ccc2nncn2c1. The zero-order valence-electron chi connectivity index (χ0n) is 12.3. The molecule has 0 aliphatic heterocycles. The highest BCUT2D eigenvalue weighted by Crippen LogP contribution is 2.13. The smallest absolute Gasteiger partial charge is 0.340 e. The number of ether oxygens (including phenoxy) is 2. The molecule has 1 unspecified atom stereocenters. The molecule has 3 rings (SSSR count). The first-order valence-corrected chi connectivity index (χ1v) is 7.00. The number of rotatable bonds is 5. The van der Waals surface area contributed by atoms with Gasteiger partial charge in [0.05, 0.1) is 5.56 Å². The van der Waals surface area contributed by atoms with Gasteiger partial charge in [-0.15, -0.1) is 10.2 Å². The topological polar surface area (TPSA) is 65.7 Å². The summed E-state index contributed by atoms with van der Waals surface area (Å²) in [7, 11) is 0. The van der Waals surface area contributed by atoms with Crippen molar-refractivity contribution >= 4 is 11.6 Å². The molecule has 2 aromatic heterocycles. The van der Waals surface area contributed by atoms with Crippen molar-refractivity contribution in [2.24, 2.45) is 0 Å². The number of benzene rings is 1. The molecule has 0 bridgehead atoms. The van der Waals surface area contributed by atoms with E-state index < -0.39 is 12.1 Å². The van der Waals surface area contributed by atoms with E-state index in [4.69, 9.17) is 9.47 Å². The van der Waals surface area contributed by atoms with Crippen LogP contribution in [-0.2, 0) is 4.74 Å². The van der Waals surface area contributed by atoms with Gasteiger partial charge < -0.3 is 9.47 Å². The van der Waals surface area contributed by atoms with Crippen molar-refractivity contribution in [3.8, 4) is 5.75 Å². The van der Waals surface area contributed by atoms with Gasteiger partial charge in [0.1, 0.15) is 30.6 Å². The first kappa shape index (κ1) is 15.0. The van der Waals surface area contributed by atoms with E-state index in [9.17, 15) is 9.18 Å². The van der Waals surface area contributed by atoms with Gasteiger partial charge in [-0.05, 0) is 31.2 Å². The molecular weight excluding hydrogens is 301 g/mol. The Morgan fingerprint density at radius 1 is 1.35 bits per heavy atom. The van der Waals surface area contributed by atoms with E-state index >= 15 is 0 Å². The fourth-order valence-electron chi connectivity index (χ4n) is 2.00. The van der Waals surface area contributed by atoms with Crippen molar-refractivity contribution in [3.63, 3.8) is 0 Å². The minimum atomic E-state index is -0.484. The number of carbonyl (C=O) groups excluding carboxylic acids is 1. The van der Waals surface area contributed by atoms with Gasteiger partial charge >= 0.3 is 5.97 Å². The summed E-state index contributed by atoms with van der Waals surface area (Å²) in [6.45, 7) is 1.83. The summed E-state index contributed by atoms with van der Waals surface area (Å²) in [5.41, 5.74) is 1.03. The highest BCUT2D eigenvalue weighted by Gasteiger charge is 2.13. The Labute approximate surface area is 131 Å². The van der Waals surface area contributed by atoms with E-state index in [-0.39, 0.29) is 12.4 Å². The lowest BCUT2D eigenvalue weighted by Crippen LogP contribution is -2.22. The zero-order valence-corrected chi connectivity index (χ0v) is 12.3. The molecule has 0 radical (unpaired) electrons. The van der Waals surface area contributed by atoms with Gasteiger partial charge in [-0.2, -0.15) is 0 Å². The summed E-state index contributed by atoms with van der Waals surface area (Å²) in [5.74, 6) is -0.468. The molecule has 118 valence electrons. The predicted molar refractivity (Wildman–Crippen MR) is 79.8 cm³/mol. The van der Waals surface area contributed by atoms with E-state index in [0.29, 0.717) is 17.0 Å². The molecule has 1 aromatic carbocycles. The normalized spacial score (nSPS) is 12.1. The molecule has 0 amide bonds. The van der Waals surface area contributed by atoms with E-state index in [1.54, 1.807) is 41.8 Å². The number of carbonyl (C=O) groups is 1. The number of hydrogen-bond acceptors (Lipinski definition) is 5. The molecule has 0 fully saturated rings. The van der Waals surface area contributed by atoms with Crippen LogP contribution < -0.4 is 4.74 Å². The van der Waals surface area contributed by atoms with Crippen LogP contribution in [0.1, 0.15) is 17.3 Å². The lowest BCUT2D eigenvalue weighted by atomic mass is 10.3. The van der Waals surface area contributed by atoms with E-state index in [0.717, 1.165) is 0 Å². The Bertz CT molecular complexity index is 834. The molecule has 0 spiro atoms. The van der Waals surface area contributed by atoms with Crippen LogP contribution in [0.2, 0.25) is 0 Å². The number of aromatic nitrogens is 3. The fraction of sp³-hybridized carbons (Fsp3) is 0.188. The minimum Gasteiger partial charge on any atom is -0.490 e. The summed E-state index contributed by atoms with van der Waals surface area (Å²) < 4.78 is 25.4. The zero-order chi connectivity index (χ0) is 16.2. The summed E-state index contributed by atoms with van der Waals surface area (Å²) in [6.07, 6.45) is 2.61. The van der Waals surface area contributed by atoms with Crippen molar-refractivity contribution in [2.45, 2.75) is 13.0 Å². The second kappa shape index (κ2) is 6.43. The van der Waals surface area contributed by atoms with E-state index in [2.05, 4.69) is 10.2 Å². The number of halogens is 1. The third kappa shape index (κ3) is 3.63. The Hall–Kier alpha value is -2.96. The minimum absolute atomic E-state index is 0.129. The number of hydrogen-bond donors (Lipinski definition) is 0. The molecule has 1 atom stereocenters. The number of esters is 1. The van der Waals surface area contributed by atoms with E-state index in [1.807, 2.05) is 0 Å². The maximum absolute atomic E-state index is 13.0. The van der Waals surface area contributed by atoms with Gasteiger partial charge in [0.2, 0.25) is 0 Å². The molecule has 0 aliphatic carbocycles. The van der Waals surface area contributed by atoms with Crippen molar-refractivity contribution in [1.29, 1.82) is 0 Å². The largest absolute Gasteiger partial charge is 0.490 e. The number of fused-ring (bicyclic) bond motifs is 1. The van der Waals surface area contributed by atoms with Gasteiger partial charge in [0, 0.05) is 12.3 Å². The van der Waals surface area contributed by atoms with Crippen molar-refractivity contribution < 1.29 is 18.7 Å². The Balaban J connectivity index is 1.58. The first-order chi connectivity index (χ1) is 11.1. The molecule has 7 heteroatoms. The van der Waals surface area contributed by atoms with Crippen LogP contribution >= 0.6 is 0 Å². The van der Waals surface area contributed by atoms with Crippen molar-refractivity contribution in [1.82, 2.24) is 14.6 Å². The van der Waals surface area contributed by atoms with Gasteiger partial charge in [-0.25, -0.2) is 9.18 Å². The second-order valence-corrected chi connectivity index (χ2v) is 5.00. The maximum atomic E-state index is 13.0. The van der Waals surface area contributed by atoms with Crippen LogP contribution in [-0.4, -0.2) is 33.3 Å². The maximum Gasteiger partial charge on any atom is 0.340 e. The van der Waals surface area contributed by atoms with Crippen LogP contribution in [0.5, 0.6) is 5.75 Å². The van der Waals surface area contributed by atoms with Crippen LogP contribution in [0.15, 0.2) is 48.9 Å². The average Bonchev–Trinajstić information content (AvgIpc) is 3.00. The monoisotopic (exact) mass is 315 g/mol. The molecule has 2 heterocycles. The summed E-state index contributed by atoms with van der Waals surface area (Å²) in [5, 5.41) is 7.60. The second-order valence-electron chi connectivity index (χ2n) is 5.00. The van der Waals surface area contributed by atoms with E-state index in [1.165, 1.54) is 18.5 Å². The molecule has 0 saturated heterocycles. The van der Waals surface area contributed by atoms with Gasteiger partial charge in [0.15, 0.2) is 5.65 Å². The van der Waals surface area contributed by atoms with Crippen LogP contribution in [0.4, 0.5) is 4.39 Å². The highest BCUT2D eigenvalue weighted by molar-refractivity contribution is 5.89.